The Hall–Kier alpha value is -4.06. The topological polar surface area (TPSA) is 62.2 Å². The number of anilines is 1. The second kappa shape index (κ2) is 8.47. The molecule has 0 aliphatic carbocycles. The minimum Gasteiger partial charge on any atom is -0.484 e. The monoisotopic (exact) mass is 436 g/mol. The number of aromatic amines is 1. The van der Waals surface area contributed by atoms with Crippen molar-refractivity contribution in [3.8, 4) is 5.75 Å². The van der Waals surface area contributed by atoms with Gasteiger partial charge in [-0.25, -0.2) is 4.99 Å². The normalized spacial score (nSPS) is 17.7. The van der Waals surface area contributed by atoms with Gasteiger partial charge in [0.15, 0.2) is 6.61 Å². The van der Waals surface area contributed by atoms with Crippen LogP contribution in [0.15, 0.2) is 95.2 Å². The number of para-hydroxylation sites is 2. The Morgan fingerprint density at radius 2 is 1.79 bits per heavy atom. The smallest absolute Gasteiger partial charge is 0.222 e. The number of aromatic nitrogens is 1. The van der Waals surface area contributed by atoms with Crippen LogP contribution in [-0.2, 0) is 4.74 Å². The van der Waals surface area contributed by atoms with E-state index in [2.05, 4.69) is 81.8 Å². The highest BCUT2D eigenvalue weighted by atomic mass is 16.5. The number of benzene rings is 3. The third-order valence-electron chi connectivity index (χ3n) is 6.11. The lowest BCUT2D eigenvalue weighted by atomic mass is 9.97. The van der Waals surface area contributed by atoms with E-state index < -0.39 is 0 Å². The van der Waals surface area contributed by atoms with Gasteiger partial charge in [0.25, 0.3) is 0 Å². The number of ether oxygens (including phenoxy) is 2. The van der Waals surface area contributed by atoms with E-state index >= 15 is 0 Å². The fourth-order valence-corrected chi connectivity index (χ4v) is 4.47. The lowest BCUT2D eigenvalue weighted by molar-refractivity contribution is 0.293. The molecule has 0 amide bonds. The second-order valence-electron chi connectivity index (χ2n) is 8.17. The van der Waals surface area contributed by atoms with Crippen molar-refractivity contribution in [2.45, 2.75) is 12.5 Å². The van der Waals surface area contributed by atoms with Crippen LogP contribution in [0.25, 0.3) is 10.9 Å². The predicted molar refractivity (Wildman–Crippen MR) is 131 cm³/mol. The largest absolute Gasteiger partial charge is 0.484 e. The maximum absolute atomic E-state index is 5.82. The van der Waals surface area contributed by atoms with Gasteiger partial charge in [-0.1, -0.05) is 36.4 Å². The lowest BCUT2D eigenvalue weighted by Gasteiger charge is -2.23. The van der Waals surface area contributed by atoms with Crippen molar-refractivity contribution in [3.63, 3.8) is 0 Å². The highest BCUT2D eigenvalue weighted by Crippen LogP contribution is 2.39. The minimum absolute atomic E-state index is 0.118. The number of nitrogens with one attached hydrogen (secondary N) is 1. The average molecular weight is 437 g/mol. The molecule has 0 saturated carbocycles. The molecule has 1 aromatic heterocycles. The Morgan fingerprint density at radius 1 is 0.970 bits per heavy atom. The van der Waals surface area contributed by atoms with E-state index in [9.17, 15) is 0 Å². The molecule has 1 atom stereocenters. The Bertz CT molecular complexity index is 1330. The van der Waals surface area contributed by atoms with Crippen LogP contribution in [-0.4, -0.2) is 36.4 Å². The van der Waals surface area contributed by atoms with Gasteiger partial charge in [-0.3, -0.25) is 5.01 Å². The summed E-state index contributed by atoms with van der Waals surface area (Å²) in [7, 11) is 0. The molecule has 6 heteroatoms. The van der Waals surface area contributed by atoms with Crippen molar-refractivity contribution < 1.29 is 9.47 Å². The first-order chi connectivity index (χ1) is 16.3. The number of hydrazone groups is 1. The number of aliphatic imine (C=N–C) groups is 1. The predicted octanol–water partition coefficient (Wildman–Crippen LogP) is 5.33. The number of rotatable bonds is 6. The molecule has 164 valence electrons. The van der Waals surface area contributed by atoms with E-state index in [0.29, 0.717) is 25.7 Å². The van der Waals surface area contributed by atoms with Gasteiger partial charge in [0.1, 0.15) is 12.4 Å². The van der Waals surface area contributed by atoms with E-state index in [1.54, 1.807) is 0 Å². The quantitative estimate of drug-likeness (QED) is 0.444. The summed E-state index contributed by atoms with van der Waals surface area (Å²) in [6.07, 6.45) is 2.94. The van der Waals surface area contributed by atoms with Crippen molar-refractivity contribution in [3.05, 3.63) is 96.2 Å². The van der Waals surface area contributed by atoms with Gasteiger partial charge in [0.05, 0.1) is 24.0 Å². The van der Waals surface area contributed by atoms with Crippen molar-refractivity contribution in [2.75, 3.05) is 24.8 Å². The summed E-state index contributed by atoms with van der Waals surface area (Å²) in [6, 6.07) is 27.0. The number of fused-ring (bicyclic) bond motifs is 1. The lowest BCUT2D eigenvalue weighted by Crippen LogP contribution is -2.18. The van der Waals surface area contributed by atoms with E-state index in [4.69, 9.17) is 14.6 Å². The molecular weight excluding hydrogens is 412 g/mol. The van der Waals surface area contributed by atoms with Crippen LogP contribution < -0.4 is 9.75 Å². The summed E-state index contributed by atoms with van der Waals surface area (Å²) in [5, 5.41) is 8.45. The maximum Gasteiger partial charge on any atom is 0.222 e. The van der Waals surface area contributed by atoms with Crippen LogP contribution in [0.4, 0.5) is 5.69 Å². The molecule has 33 heavy (non-hydrogen) atoms. The average Bonchev–Trinajstić information content (AvgIpc) is 3.63. The summed E-state index contributed by atoms with van der Waals surface area (Å²) in [5.74, 6) is 1.46. The zero-order valence-electron chi connectivity index (χ0n) is 18.1. The molecule has 1 N–H and O–H groups in total. The number of hydrogen-bond donors (Lipinski definition) is 1. The standard InChI is InChI=1S/C27H24N4O2/c1-2-6-20(7-3-1)31-26(23-17-29-24-9-5-4-8-22(23)24)16-25(30-31)19-10-12-21(13-11-19)33-18-27-28-14-15-32-27/h1-13,17,26,29H,14-16,18H2. The highest BCUT2D eigenvalue weighted by molar-refractivity contribution is 6.04. The van der Waals surface area contributed by atoms with Gasteiger partial charge in [-0.05, 0) is 48.0 Å². The molecule has 0 fully saturated rings. The Kier molecular flexibility index (Phi) is 5.03. The first-order valence-corrected chi connectivity index (χ1v) is 11.2. The Morgan fingerprint density at radius 3 is 2.61 bits per heavy atom. The molecule has 3 aromatic carbocycles. The van der Waals surface area contributed by atoms with Gasteiger partial charge in [-0.2, -0.15) is 5.10 Å². The molecular formula is C27H24N4O2. The maximum atomic E-state index is 5.82. The van der Waals surface area contributed by atoms with Crippen LogP contribution >= 0.6 is 0 Å². The van der Waals surface area contributed by atoms with Crippen molar-refractivity contribution in [1.82, 2.24) is 4.98 Å². The van der Waals surface area contributed by atoms with Gasteiger partial charge in [-0.15, -0.1) is 0 Å². The molecule has 0 saturated heterocycles. The van der Waals surface area contributed by atoms with Gasteiger partial charge in [0.2, 0.25) is 5.90 Å². The molecule has 2 aliphatic heterocycles. The third kappa shape index (κ3) is 3.84. The minimum atomic E-state index is 0.118. The summed E-state index contributed by atoms with van der Waals surface area (Å²) in [6.45, 7) is 1.73. The van der Waals surface area contributed by atoms with Crippen molar-refractivity contribution in [1.29, 1.82) is 0 Å². The number of H-pyrrole nitrogens is 1. The zero-order chi connectivity index (χ0) is 22.0. The van der Waals surface area contributed by atoms with Crippen molar-refractivity contribution >= 4 is 28.2 Å². The first-order valence-electron chi connectivity index (χ1n) is 11.2. The first kappa shape index (κ1) is 19.6. The molecule has 2 aliphatic rings. The van der Waals surface area contributed by atoms with Gasteiger partial charge in [0, 0.05) is 29.1 Å². The SMILES string of the molecule is c1ccc(N2N=C(c3ccc(OCC4=NCCO4)cc3)CC2c2c[nH]c3ccccc23)cc1. The molecule has 4 aromatic rings. The van der Waals surface area contributed by atoms with E-state index in [1.165, 1.54) is 10.9 Å². The summed E-state index contributed by atoms with van der Waals surface area (Å²) < 4.78 is 11.2. The van der Waals surface area contributed by atoms with Crippen LogP contribution in [0.2, 0.25) is 0 Å². The summed E-state index contributed by atoms with van der Waals surface area (Å²) in [4.78, 5) is 7.69. The van der Waals surface area contributed by atoms with Crippen LogP contribution in [0.1, 0.15) is 23.6 Å². The fourth-order valence-electron chi connectivity index (χ4n) is 4.47. The van der Waals surface area contributed by atoms with E-state index in [-0.39, 0.29) is 6.04 Å². The second-order valence-corrected chi connectivity index (χ2v) is 8.17. The van der Waals surface area contributed by atoms with E-state index in [0.717, 1.165) is 34.6 Å². The van der Waals surface area contributed by atoms with Gasteiger partial charge >= 0.3 is 0 Å². The van der Waals surface area contributed by atoms with E-state index in [1.807, 2.05) is 18.2 Å². The molecule has 0 spiro atoms. The van der Waals surface area contributed by atoms with Crippen LogP contribution in [0.3, 0.4) is 0 Å². The molecule has 3 heterocycles. The number of nitrogens with zero attached hydrogens (tertiary/aromatic N) is 3. The van der Waals surface area contributed by atoms with Crippen LogP contribution in [0.5, 0.6) is 5.75 Å². The fraction of sp³-hybridized carbons (Fsp3) is 0.185. The molecule has 0 bridgehead atoms. The molecule has 6 nitrogen and oxygen atoms in total. The Labute approximate surface area is 192 Å². The Balaban J connectivity index is 1.28. The van der Waals surface area contributed by atoms with Crippen molar-refractivity contribution in [2.24, 2.45) is 10.1 Å². The van der Waals surface area contributed by atoms with Crippen LogP contribution in [0, 0.1) is 0 Å². The summed E-state index contributed by atoms with van der Waals surface area (Å²) >= 11 is 0. The third-order valence-corrected chi connectivity index (χ3v) is 6.11. The zero-order valence-corrected chi connectivity index (χ0v) is 18.1. The highest BCUT2D eigenvalue weighted by Gasteiger charge is 2.31. The summed E-state index contributed by atoms with van der Waals surface area (Å²) in [5.41, 5.74) is 5.64. The molecule has 1 unspecified atom stereocenters. The van der Waals surface area contributed by atoms with Gasteiger partial charge < -0.3 is 14.5 Å². The molecule has 0 radical (unpaired) electrons. The molecule has 6 rings (SSSR count). The number of hydrogen-bond acceptors (Lipinski definition) is 5.